The van der Waals surface area contributed by atoms with E-state index in [0.717, 1.165) is 30.5 Å². The number of nitrogens with one attached hydrogen (secondary N) is 1. The lowest BCUT2D eigenvalue weighted by atomic mass is 9.52. The smallest absolute Gasteiger partial charge is 0.221 e. The van der Waals surface area contributed by atoms with Crippen molar-refractivity contribution in [2.24, 2.45) is 11.8 Å². The number of fused-ring (bicyclic) bond motifs is 3. The van der Waals surface area contributed by atoms with Gasteiger partial charge in [0.05, 0.1) is 0 Å². The first kappa shape index (κ1) is 19.8. The molecule has 2 bridgehead atoms. The van der Waals surface area contributed by atoms with Gasteiger partial charge >= 0.3 is 0 Å². The van der Waals surface area contributed by atoms with E-state index < -0.39 is 0 Å². The van der Waals surface area contributed by atoms with Crippen LogP contribution < -0.4 is 5.32 Å². The highest BCUT2D eigenvalue weighted by Gasteiger charge is 2.54. The molecule has 3 nitrogen and oxygen atoms in total. The summed E-state index contributed by atoms with van der Waals surface area (Å²) in [6, 6.07) is 18.9. The van der Waals surface area contributed by atoms with E-state index in [9.17, 15) is 4.79 Å². The number of carbonyl (C=O) groups is 1. The van der Waals surface area contributed by atoms with Crippen molar-refractivity contribution < 1.29 is 4.79 Å². The summed E-state index contributed by atoms with van der Waals surface area (Å²) in [6.45, 7) is 7.68. The van der Waals surface area contributed by atoms with Crippen molar-refractivity contribution in [3.63, 3.8) is 0 Å². The second-order valence-electron chi connectivity index (χ2n) is 10.1. The quantitative estimate of drug-likeness (QED) is 0.763. The van der Waals surface area contributed by atoms with Crippen LogP contribution in [0.3, 0.4) is 0 Å². The first-order valence-corrected chi connectivity index (χ1v) is 11.7. The molecular formula is C27H34N2O. The molecule has 0 radical (unpaired) electrons. The number of carbonyl (C=O) groups excluding carboxylic acids is 1. The lowest BCUT2D eigenvalue weighted by Gasteiger charge is -2.61. The van der Waals surface area contributed by atoms with Crippen molar-refractivity contribution in [3.8, 4) is 0 Å². The summed E-state index contributed by atoms with van der Waals surface area (Å²) in [6.07, 6.45) is 6.31. The number of hydrogen-bond acceptors (Lipinski definition) is 2. The number of amides is 1. The summed E-state index contributed by atoms with van der Waals surface area (Å²) in [4.78, 5) is 14.3. The molecule has 1 heterocycles. The molecule has 2 aromatic rings. The molecule has 0 spiro atoms. The van der Waals surface area contributed by atoms with Crippen LogP contribution in [-0.2, 0) is 23.1 Å². The maximum atomic E-state index is 11.4. The minimum atomic E-state index is -0.00946. The second-order valence-corrected chi connectivity index (χ2v) is 10.1. The maximum absolute atomic E-state index is 11.4. The zero-order chi connectivity index (χ0) is 20.9. The van der Waals surface area contributed by atoms with Gasteiger partial charge in [0.25, 0.3) is 0 Å². The Morgan fingerprint density at radius 1 is 1.20 bits per heavy atom. The van der Waals surface area contributed by atoms with E-state index >= 15 is 0 Å². The molecule has 2 aromatic carbocycles. The molecule has 1 aliphatic heterocycles. The molecule has 3 aliphatic rings. The average Bonchev–Trinajstić information content (AvgIpc) is 2.73. The third-order valence-corrected chi connectivity index (χ3v) is 8.47. The Bertz CT molecular complexity index is 953. The lowest BCUT2D eigenvalue weighted by molar-refractivity contribution is -0.114. The Hall–Kier alpha value is -2.13. The zero-order valence-electron chi connectivity index (χ0n) is 18.5. The molecule has 3 heteroatoms. The summed E-state index contributed by atoms with van der Waals surface area (Å²) < 4.78 is 0. The molecular weight excluding hydrogens is 368 g/mol. The highest BCUT2D eigenvalue weighted by atomic mass is 16.1. The minimum absolute atomic E-state index is 0.00946. The van der Waals surface area contributed by atoms with Gasteiger partial charge in [0.2, 0.25) is 5.91 Å². The van der Waals surface area contributed by atoms with Crippen LogP contribution in [0, 0.1) is 11.8 Å². The number of anilines is 1. The summed E-state index contributed by atoms with van der Waals surface area (Å²) >= 11 is 0. The molecule has 158 valence electrons. The average molecular weight is 403 g/mol. The standard InChI is InChI=1S/C27H34N2O/c1-18-21-11-13-27(3)24-10-5-4-8-22(24)17-26(25(27)16-21)29(18)14-12-20-7-6-9-23(15-20)28-19(2)30/h4-10,15,18,21,25-26H,11-14,16-17H2,1-3H3,(H,28,30)/t18?,21?,25?,26?,27-/m1/s1. The minimum Gasteiger partial charge on any atom is -0.326 e. The van der Waals surface area contributed by atoms with Crippen LogP contribution in [0.25, 0.3) is 0 Å². The summed E-state index contributed by atoms with van der Waals surface area (Å²) in [7, 11) is 0. The van der Waals surface area contributed by atoms with Gasteiger partial charge in [0, 0.05) is 31.2 Å². The predicted octanol–water partition coefficient (Wildman–Crippen LogP) is 5.19. The van der Waals surface area contributed by atoms with E-state index in [1.165, 1.54) is 31.2 Å². The molecule has 1 saturated heterocycles. The third kappa shape index (κ3) is 3.28. The topological polar surface area (TPSA) is 32.3 Å². The number of likely N-dealkylation sites (tertiary alicyclic amines) is 1. The summed E-state index contributed by atoms with van der Waals surface area (Å²) in [5.41, 5.74) is 5.75. The van der Waals surface area contributed by atoms with Crippen molar-refractivity contribution in [1.82, 2.24) is 4.90 Å². The fourth-order valence-electron chi connectivity index (χ4n) is 6.91. The Morgan fingerprint density at radius 3 is 2.87 bits per heavy atom. The van der Waals surface area contributed by atoms with Gasteiger partial charge in [0.1, 0.15) is 0 Å². The largest absolute Gasteiger partial charge is 0.326 e. The fraction of sp³-hybridized carbons (Fsp3) is 0.519. The third-order valence-electron chi connectivity index (χ3n) is 8.47. The van der Waals surface area contributed by atoms with Crippen LogP contribution in [0.2, 0.25) is 0 Å². The van der Waals surface area contributed by atoms with E-state index in [0.29, 0.717) is 17.5 Å². The Balaban J connectivity index is 1.40. The van der Waals surface area contributed by atoms with Gasteiger partial charge in [-0.3, -0.25) is 9.69 Å². The highest BCUT2D eigenvalue weighted by Crippen LogP contribution is 2.56. The van der Waals surface area contributed by atoms with Gasteiger partial charge in [-0.25, -0.2) is 0 Å². The number of piperidine rings is 1. The van der Waals surface area contributed by atoms with Crippen LogP contribution in [0.1, 0.15) is 56.7 Å². The molecule has 2 aliphatic carbocycles. The van der Waals surface area contributed by atoms with Gasteiger partial charge in [-0.1, -0.05) is 43.3 Å². The molecule has 1 N–H and O–H groups in total. The van der Waals surface area contributed by atoms with E-state index in [1.54, 1.807) is 18.1 Å². The van der Waals surface area contributed by atoms with Crippen molar-refractivity contribution in [1.29, 1.82) is 0 Å². The van der Waals surface area contributed by atoms with Crippen LogP contribution in [0.5, 0.6) is 0 Å². The van der Waals surface area contributed by atoms with Crippen LogP contribution in [-0.4, -0.2) is 29.4 Å². The lowest BCUT2D eigenvalue weighted by Crippen LogP contribution is -2.63. The summed E-state index contributed by atoms with van der Waals surface area (Å²) in [5, 5.41) is 2.92. The van der Waals surface area contributed by atoms with Gasteiger partial charge in [0.15, 0.2) is 0 Å². The Labute approximate surface area is 180 Å². The second kappa shape index (κ2) is 7.53. The van der Waals surface area contributed by atoms with Crippen molar-refractivity contribution in [2.75, 3.05) is 11.9 Å². The number of benzene rings is 2. The SMILES string of the molecule is CC(=O)Nc1cccc(CCN2C(C)C3CC[C@]4(C)c5ccccc5CC2C4C3)c1. The van der Waals surface area contributed by atoms with Crippen molar-refractivity contribution >= 4 is 11.6 Å². The fourth-order valence-corrected chi connectivity index (χ4v) is 6.91. The van der Waals surface area contributed by atoms with Crippen molar-refractivity contribution in [3.05, 3.63) is 65.2 Å². The summed E-state index contributed by atoms with van der Waals surface area (Å²) in [5.74, 6) is 1.59. The monoisotopic (exact) mass is 402 g/mol. The molecule has 30 heavy (non-hydrogen) atoms. The number of nitrogens with zero attached hydrogens (tertiary/aromatic N) is 1. The molecule has 0 aromatic heterocycles. The van der Waals surface area contributed by atoms with Gasteiger partial charge < -0.3 is 5.32 Å². The molecule has 1 saturated carbocycles. The number of hydrogen-bond donors (Lipinski definition) is 1. The molecule has 1 amide bonds. The molecule has 5 atom stereocenters. The Morgan fingerprint density at radius 2 is 2.03 bits per heavy atom. The Kier molecular flexibility index (Phi) is 4.97. The molecule has 4 unspecified atom stereocenters. The van der Waals surface area contributed by atoms with Crippen LogP contribution in [0.4, 0.5) is 5.69 Å². The van der Waals surface area contributed by atoms with Gasteiger partial charge in [-0.15, -0.1) is 0 Å². The zero-order valence-corrected chi connectivity index (χ0v) is 18.5. The van der Waals surface area contributed by atoms with Gasteiger partial charge in [-0.05, 0) is 85.1 Å². The molecule has 5 rings (SSSR count). The first-order chi connectivity index (χ1) is 14.5. The van der Waals surface area contributed by atoms with Gasteiger partial charge in [-0.2, -0.15) is 0 Å². The predicted molar refractivity (Wildman–Crippen MR) is 123 cm³/mol. The highest BCUT2D eigenvalue weighted by molar-refractivity contribution is 5.88. The maximum Gasteiger partial charge on any atom is 0.221 e. The van der Waals surface area contributed by atoms with Crippen LogP contribution in [0.15, 0.2) is 48.5 Å². The normalized spacial score (nSPS) is 32.4. The van der Waals surface area contributed by atoms with Crippen molar-refractivity contribution in [2.45, 2.75) is 70.4 Å². The van der Waals surface area contributed by atoms with Crippen LogP contribution >= 0.6 is 0 Å². The van der Waals surface area contributed by atoms with E-state index in [1.807, 2.05) is 6.07 Å². The number of rotatable bonds is 4. The first-order valence-electron chi connectivity index (χ1n) is 11.7. The van der Waals surface area contributed by atoms with E-state index in [2.05, 4.69) is 66.5 Å². The van der Waals surface area contributed by atoms with E-state index in [-0.39, 0.29) is 5.91 Å². The van der Waals surface area contributed by atoms with E-state index in [4.69, 9.17) is 0 Å². The molecule has 2 fully saturated rings.